The highest BCUT2D eigenvalue weighted by Gasteiger charge is 2.29. The van der Waals surface area contributed by atoms with Crippen LogP contribution in [0.3, 0.4) is 0 Å². The minimum Gasteiger partial charge on any atom is -0.309 e. The number of hydrogen-bond donors (Lipinski definition) is 0. The third kappa shape index (κ3) is 12.2. The molecular formula is C132H85N9. The van der Waals surface area contributed by atoms with E-state index in [0.717, 1.165) is 34.1 Å². The molecule has 0 saturated heterocycles. The normalized spacial score (nSPS) is 12.0. The fourth-order valence-corrected chi connectivity index (χ4v) is 23.6. The Morgan fingerprint density at radius 3 is 0.596 bits per heavy atom. The summed E-state index contributed by atoms with van der Waals surface area (Å²) in [5, 5.41) is 22.6. The van der Waals surface area contributed by atoms with Crippen molar-refractivity contribution in [3.05, 3.63) is 516 Å². The molecule has 0 aliphatic carbocycles. The van der Waals surface area contributed by atoms with Crippen molar-refractivity contribution in [2.75, 3.05) is 0 Å². The standard InChI is InChI=1S/C48H31N3.2C42H27N3/c1-4-16-33(17-5-1)49-41-25-13-10-22-36(41)39-30-32(28-29-44(39)49)46-47-38-24-12-15-27-43(38)50(34-18-6-2-7-19-34)45(47)31-40-37-23-11-14-26-42(37)51(48(40)46)35-20-8-3-9-21-35;1-3-13-28(14-4-1)43-37-20-10-7-17-31(37)34-25-30(23-24-40(34)43)45-39-22-12-9-19-33(39)36-26-41-35(27-42(36)45)32-18-8-11-21-38(32)44(41)29-15-5-2-6-16-29;1-2-12-28(13-3-1)44-39-20-10-6-16-33(39)35-27-42-36(26-41(35)44)34-17-7-11-21-40(34)45(42)30-24-22-29(23-25-30)43-37-18-8-4-14-31(37)32-15-5-9-19-38(32)43/h1-31H;2*1-27H. The van der Waals surface area contributed by atoms with Crippen molar-refractivity contribution >= 4 is 196 Å². The van der Waals surface area contributed by atoms with Crippen molar-refractivity contribution in [2.45, 2.75) is 0 Å². The molecule has 0 saturated carbocycles. The molecule has 0 unspecified atom stereocenters. The highest BCUT2D eigenvalue weighted by Crippen LogP contribution is 2.51. The van der Waals surface area contributed by atoms with Crippen LogP contribution in [-0.4, -0.2) is 41.1 Å². The molecule has 0 spiro atoms. The SMILES string of the molecule is c1ccc(-n2c3ccccc3c3cc(-c4c5c6ccccc6n(-c6ccccc6)c5cc5c6ccccc6n(-c6ccccc6)c45)ccc32)cc1.c1ccc(-n2c3ccccc3c3cc(-n4c5ccccc5c5cc6c(cc54)c4ccccc4n6-c4ccccc4)ccc32)cc1.c1ccc(-n2c3ccccc3c3cc4c(cc32)c2ccccc2n4-c2ccc(-n3c4ccccc4c4ccccc43)cc2)cc1. The largest absolute Gasteiger partial charge is 0.309 e. The maximum absolute atomic E-state index is 2.48. The van der Waals surface area contributed by atoms with Crippen LogP contribution in [-0.2, 0) is 0 Å². The molecule has 141 heavy (non-hydrogen) atoms. The molecule has 0 atom stereocenters. The summed E-state index contributed by atoms with van der Waals surface area (Å²) in [6, 6.07) is 187. The number of benzene rings is 22. The summed E-state index contributed by atoms with van der Waals surface area (Å²) in [6.45, 7) is 0. The van der Waals surface area contributed by atoms with Crippen molar-refractivity contribution in [3.63, 3.8) is 0 Å². The van der Waals surface area contributed by atoms with E-state index in [1.165, 1.54) is 224 Å². The maximum atomic E-state index is 2.48. The Morgan fingerprint density at radius 1 is 0.0993 bits per heavy atom. The third-order valence-electron chi connectivity index (χ3n) is 29.4. The first-order chi connectivity index (χ1) is 70.0. The second-order valence-electron chi connectivity index (χ2n) is 37.0. The second kappa shape index (κ2) is 31.8. The lowest BCUT2D eigenvalue weighted by Crippen LogP contribution is -1.97. The van der Waals surface area contributed by atoms with Gasteiger partial charge in [0, 0.05) is 154 Å². The number of rotatable bonds is 10. The molecule has 31 rings (SSSR count). The highest BCUT2D eigenvalue weighted by atomic mass is 15.1. The number of nitrogens with zero attached hydrogens (tertiary/aromatic N) is 9. The van der Waals surface area contributed by atoms with Crippen LogP contribution in [0.2, 0.25) is 0 Å². The van der Waals surface area contributed by atoms with Crippen LogP contribution < -0.4 is 0 Å². The summed E-state index contributed by atoms with van der Waals surface area (Å²) in [5.41, 5.74) is 34.7. The smallest absolute Gasteiger partial charge is 0.0627 e. The van der Waals surface area contributed by atoms with Gasteiger partial charge in [0.05, 0.1) is 99.3 Å². The molecular weight excluding hydrogens is 1710 g/mol. The first kappa shape index (κ1) is 79.4. The predicted octanol–water partition coefficient (Wildman–Crippen LogP) is 34.6. The predicted molar refractivity (Wildman–Crippen MR) is 594 cm³/mol. The zero-order chi connectivity index (χ0) is 92.4. The summed E-state index contributed by atoms with van der Waals surface area (Å²) in [7, 11) is 0. The van der Waals surface area contributed by atoms with Crippen LogP contribution in [0.4, 0.5) is 0 Å². The molecule has 22 aromatic carbocycles. The van der Waals surface area contributed by atoms with Gasteiger partial charge in [-0.05, 0) is 224 Å². The molecule has 9 heterocycles. The number of para-hydroxylation sites is 16. The summed E-state index contributed by atoms with van der Waals surface area (Å²) < 4.78 is 21.8. The molecule has 0 aliphatic heterocycles. The van der Waals surface area contributed by atoms with E-state index in [1.54, 1.807) is 0 Å². The molecule has 0 fully saturated rings. The van der Waals surface area contributed by atoms with Gasteiger partial charge in [-0.3, -0.25) is 0 Å². The fraction of sp³-hybridized carbons (Fsp3) is 0. The molecule has 0 radical (unpaired) electrons. The van der Waals surface area contributed by atoms with Gasteiger partial charge in [-0.2, -0.15) is 0 Å². The van der Waals surface area contributed by atoms with Crippen molar-refractivity contribution in [3.8, 4) is 62.3 Å². The highest BCUT2D eigenvalue weighted by molar-refractivity contribution is 6.29. The average molecular weight is 1800 g/mol. The summed E-state index contributed by atoms with van der Waals surface area (Å²) in [4.78, 5) is 0. The molecule has 0 aliphatic rings. The van der Waals surface area contributed by atoms with Gasteiger partial charge in [0.1, 0.15) is 0 Å². The summed E-state index contributed by atoms with van der Waals surface area (Å²) in [6.07, 6.45) is 0. The Morgan fingerprint density at radius 2 is 0.284 bits per heavy atom. The minimum absolute atomic E-state index is 1.15. The quantitative estimate of drug-likeness (QED) is 0.131. The zero-order valence-corrected chi connectivity index (χ0v) is 76.6. The van der Waals surface area contributed by atoms with E-state index in [1.807, 2.05) is 0 Å². The first-order valence-corrected chi connectivity index (χ1v) is 48.5. The maximum Gasteiger partial charge on any atom is 0.0627 e. The van der Waals surface area contributed by atoms with Gasteiger partial charge in [0.15, 0.2) is 0 Å². The molecule has 0 amide bonds. The van der Waals surface area contributed by atoms with Crippen LogP contribution in [0.25, 0.3) is 259 Å². The van der Waals surface area contributed by atoms with Crippen molar-refractivity contribution in [1.82, 2.24) is 41.1 Å². The molecule has 0 bridgehead atoms. The zero-order valence-electron chi connectivity index (χ0n) is 76.6. The minimum atomic E-state index is 1.15. The van der Waals surface area contributed by atoms with Crippen LogP contribution in [0.5, 0.6) is 0 Å². The first-order valence-electron chi connectivity index (χ1n) is 48.5. The van der Waals surface area contributed by atoms with Crippen LogP contribution in [0.15, 0.2) is 516 Å². The van der Waals surface area contributed by atoms with Crippen LogP contribution in [0, 0.1) is 0 Å². The Kier molecular flexibility index (Phi) is 17.9. The Balaban J connectivity index is 0.000000102. The number of aromatic nitrogens is 9. The number of fused-ring (bicyclic) bond motifs is 27. The lowest BCUT2D eigenvalue weighted by molar-refractivity contribution is 1.14. The third-order valence-corrected chi connectivity index (χ3v) is 29.4. The Labute approximate surface area is 809 Å². The molecule has 0 N–H and O–H groups in total. The van der Waals surface area contributed by atoms with Gasteiger partial charge in [-0.25, -0.2) is 0 Å². The van der Waals surface area contributed by atoms with E-state index < -0.39 is 0 Å². The summed E-state index contributed by atoms with van der Waals surface area (Å²) >= 11 is 0. The average Bonchev–Trinajstić information content (AvgIpc) is 1.54. The Hall–Kier alpha value is -19.0. The lowest BCUT2D eigenvalue weighted by atomic mass is 9.94. The van der Waals surface area contributed by atoms with Crippen molar-refractivity contribution in [1.29, 1.82) is 0 Å². The van der Waals surface area contributed by atoms with Gasteiger partial charge in [-0.1, -0.05) is 297 Å². The molecule has 9 heteroatoms. The van der Waals surface area contributed by atoms with Crippen LogP contribution in [0.1, 0.15) is 0 Å². The van der Waals surface area contributed by atoms with E-state index in [2.05, 4.69) is 557 Å². The molecule has 658 valence electrons. The van der Waals surface area contributed by atoms with E-state index >= 15 is 0 Å². The van der Waals surface area contributed by atoms with Gasteiger partial charge in [0.25, 0.3) is 0 Å². The molecule has 9 aromatic heterocycles. The fourth-order valence-electron chi connectivity index (χ4n) is 23.6. The van der Waals surface area contributed by atoms with Gasteiger partial charge >= 0.3 is 0 Å². The Bertz CT molecular complexity index is 10400. The topological polar surface area (TPSA) is 44.4 Å². The van der Waals surface area contributed by atoms with Crippen molar-refractivity contribution < 1.29 is 0 Å². The van der Waals surface area contributed by atoms with E-state index in [-0.39, 0.29) is 0 Å². The van der Waals surface area contributed by atoms with Crippen LogP contribution >= 0.6 is 0 Å². The van der Waals surface area contributed by atoms with Crippen molar-refractivity contribution in [2.24, 2.45) is 0 Å². The van der Waals surface area contributed by atoms with E-state index in [0.29, 0.717) is 0 Å². The van der Waals surface area contributed by atoms with Gasteiger partial charge in [0.2, 0.25) is 0 Å². The second-order valence-corrected chi connectivity index (χ2v) is 37.0. The van der Waals surface area contributed by atoms with E-state index in [4.69, 9.17) is 0 Å². The monoisotopic (exact) mass is 1800 g/mol. The molecule has 9 nitrogen and oxygen atoms in total. The van der Waals surface area contributed by atoms with Gasteiger partial charge < -0.3 is 41.1 Å². The summed E-state index contributed by atoms with van der Waals surface area (Å²) in [5.74, 6) is 0. The molecule has 31 aromatic rings. The van der Waals surface area contributed by atoms with Gasteiger partial charge in [-0.15, -0.1) is 0 Å². The number of hydrogen-bond acceptors (Lipinski definition) is 0. The van der Waals surface area contributed by atoms with E-state index in [9.17, 15) is 0 Å². The lowest BCUT2D eigenvalue weighted by Gasteiger charge is -2.15.